The van der Waals surface area contributed by atoms with Crippen LogP contribution in [-0.2, 0) is 17.9 Å². The number of hydrogen-bond acceptors (Lipinski definition) is 10. The predicted molar refractivity (Wildman–Crippen MR) is 179 cm³/mol. The van der Waals surface area contributed by atoms with Crippen molar-refractivity contribution in [3.05, 3.63) is 93.4 Å². The Morgan fingerprint density at radius 2 is 1.87 bits per heavy atom. The van der Waals surface area contributed by atoms with Gasteiger partial charge in [0.15, 0.2) is 0 Å². The molecule has 2 aliphatic heterocycles. The third kappa shape index (κ3) is 6.35. The monoisotopic (exact) mass is 656 g/mol. The molecular weight excluding hydrogens is 621 g/mol. The number of methoxy groups -OCH3 is 1. The van der Waals surface area contributed by atoms with E-state index in [2.05, 4.69) is 32.0 Å². The average Bonchev–Trinajstić information content (AvgIpc) is 3.77. The van der Waals surface area contributed by atoms with Gasteiger partial charge in [-0.25, -0.2) is 15.0 Å². The van der Waals surface area contributed by atoms with Gasteiger partial charge in [-0.15, -0.1) is 22.7 Å². The molecule has 6 heterocycles. The van der Waals surface area contributed by atoms with E-state index in [1.54, 1.807) is 30.7 Å². The van der Waals surface area contributed by atoms with Crippen LogP contribution in [0.3, 0.4) is 0 Å². The lowest BCUT2D eigenvalue weighted by molar-refractivity contribution is -0.142. The van der Waals surface area contributed by atoms with Crippen molar-refractivity contribution in [1.82, 2.24) is 29.3 Å². The molecule has 0 aliphatic carbocycles. The zero-order chi connectivity index (χ0) is 31.7. The third-order valence-electron chi connectivity index (χ3n) is 9.29. The number of thiophene rings is 1. The normalized spacial score (nSPS) is 20.2. The average molecular weight is 657 g/mol. The quantitative estimate of drug-likeness (QED) is 0.257. The minimum Gasteiger partial charge on any atom is -0.481 e. The van der Waals surface area contributed by atoms with Gasteiger partial charge < -0.3 is 14.7 Å². The van der Waals surface area contributed by atoms with Crippen molar-refractivity contribution in [2.75, 3.05) is 33.3 Å². The molecule has 7 rings (SSSR count). The highest BCUT2D eigenvalue weighted by molar-refractivity contribution is 7.16. The van der Waals surface area contributed by atoms with E-state index in [0.717, 1.165) is 36.6 Å². The standard InChI is InChI=1S/C34H36N6O4S2/c1-44-29-8-7-24(17-35-29)30-36-18-25(46-30)19-38-13-9-26(28(20-38)23-5-3-2-4-6-23)32(41)39-14-11-34(43,12-15-39)21-40-22-37-31-27(33(40)42)10-16-45-31/h2-8,10,16-18,22,26,28,43H,9,11-15,19-21H2,1H3/t26-,28+/m1/s1. The first kappa shape index (κ1) is 30.7. The Labute approximate surface area is 275 Å². The highest BCUT2D eigenvalue weighted by atomic mass is 32.1. The smallest absolute Gasteiger partial charge is 0.262 e. The number of benzene rings is 1. The van der Waals surface area contributed by atoms with Gasteiger partial charge in [-0.2, -0.15) is 0 Å². The summed E-state index contributed by atoms with van der Waals surface area (Å²) in [4.78, 5) is 46.6. The molecule has 4 aromatic heterocycles. The number of rotatable bonds is 8. The van der Waals surface area contributed by atoms with Crippen LogP contribution in [0.5, 0.6) is 5.88 Å². The zero-order valence-corrected chi connectivity index (χ0v) is 27.3. The minimum atomic E-state index is -1.07. The van der Waals surface area contributed by atoms with Gasteiger partial charge in [0.25, 0.3) is 5.56 Å². The van der Waals surface area contributed by atoms with E-state index in [1.165, 1.54) is 32.7 Å². The molecule has 238 valence electrons. The van der Waals surface area contributed by atoms with Crippen LogP contribution in [0.25, 0.3) is 20.8 Å². The van der Waals surface area contributed by atoms with Gasteiger partial charge in [-0.3, -0.25) is 19.1 Å². The fourth-order valence-electron chi connectivity index (χ4n) is 6.72. The number of aromatic nitrogens is 4. The van der Waals surface area contributed by atoms with Crippen LogP contribution in [0.4, 0.5) is 0 Å². The lowest BCUT2D eigenvalue weighted by Gasteiger charge is -2.43. The number of thiazole rings is 1. The fraction of sp³-hybridized carbons (Fsp3) is 0.382. The molecule has 0 spiro atoms. The number of piperidine rings is 2. The van der Waals surface area contributed by atoms with Crippen LogP contribution in [0.1, 0.15) is 35.6 Å². The number of ether oxygens (including phenoxy) is 1. The van der Waals surface area contributed by atoms with Gasteiger partial charge in [0.05, 0.1) is 31.0 Å². The Bertz CT molecular complexity index is 1860. The summed E-state index contributed by atoms with van der Waals surface area (Å²) in [6.07, 6.45) is 6.84. The number of hydrogen-bond donors (Lipinski definition) is 1. The maximum absolute atomic E-state index is 14.1. The van der Waals surface area contributed by atoms with Crippen LogP contribution in [0.15, 0.2) is 77.4 Å². The second-order valence-corrected chi connectivity index (χ2v) is 14.2. The number of carbonyl (C=O) groups is 1. The van der Waals surface area contributed by atoms with Crippen LogP contribution in [0, 0.1) is 5.92 Å². The SMILES string of the molecule is COc1ccc(-c2ncc(CN3CC[C@@H](C(=O)N4CCC(O)(Cn5cnc6sccc6c5=O)CC4)[C@H](c4ccccc4)C3)s2)cn1. The third-order valence-corrected chi connectivity index (χ3v) is 11.1. The van der Waals surface area contributed by atoms with Crippen molar-refractivity contribution in [2.24, 2.45) is 5.92 Å². The maximum Gasteiger partial charge on any atom is 0.262 e. The van der Waals surface area contributed by atoms with Gasteiger partial charge >= 0.3 is 0 Å². The van der Waals surface area contributed by atoms with E-state index >= 15 is 0 Å². The number of fused-ring (bicyclic) bond motifs is 1. The maximum atomic E-state index is 14.1. The Morgan fingerprint density at radius 3 is 2.63 bits per heavy atom. The second-order valence-electron chi connectivity index (χ2n) is 12.2. The molecule has 2 aliphatic rings. The number of carbonyl (C=O) groups excluding carboxylic acids is 1. The molecule has 2 atom stereocenters. The van der Waals surface area contributed by atoms with Crippen LogP contribution >= 0.6 is 22.7 Å². The number of nitrogens with zero attached hydrogens (tertiary/aromatic N) is 6. The molecule has 46 heavy (non-hydrogen) atoms. The number of amides is 1. The molecule has 2 fully saturated rings. The molecule has 1 N–H and O–H groups in total. The summed E-state index contributed by atoms with van der Waals surface area (Å²) in [6, 6.07) is 15.9. The summed E-state index contributed by atoms with van der Waals surface area (Å²) in [6.45, 7) is 3.46. The van der Waals surface area contributed by atoms with Crippen molar-refractivity contribution in [3.63, 3.8) is 0 Å². The molecule has 0 saturated carbocycles. The van der Waals surface area contributed by atoms with Crippen molar-refractivity contribution >= 4 is 38.8 Å². The van der Waals surface area contributed by atoms with Crippen LogP contribution in [-0.4, -0.2) is 79.2 Å². The van der Waals surface area contributed by atoms with E-state index in [0.29, 0.717) is 42.0 Å². The molecule has 1 aromatic carbocycles. The first-order chi connectivity index (χ1) is 22.4. The van der Waals surface area contributed by atoms with Gasteiger partial charge in [0.2, 0.25) is 11.8 Å². The van der Waals surface area contributed by atoms with E-state index in [-0.39, 0.29) is 29.8 Å². The number of likely N-dealkylation sites (tertiary alicyclic amines) is 2. The number of pyridine rings is 1. The Balaban J connectivity index is 1.01. The van der Waals surface area contributed by atoms with Gasteiger partial charge in [0.1, 0.15) is 9.84 Å². The summed E-state index contributed by atoms with van der Waals surface area (Å²) in [5.74, 6) is 0.649. The molecule has 2 saturated heterocycles. The molecular formula is C34H36N6O4S2. The second kappa shape index (κ2) is 13.0. The Kier molecular flexibility index (Phi) is 8.69. The van der Waals surface area contributed by atoms with Gasteiger partial charge in [-0.05, 0) is 48.9 Å². The summed E-state index contributed by atoms with van der Waals surface area (Å²) in [7, 11) is 1.60. The summed E-state index contributed by atoms with van der Waals surface area (Å²) < 4.78 is 6.69. The van der Waals surface area contributed by atoms with Crippen molar-refractivity contribution in [3.8, 4) is 16.5 Å². The topological polar surface area (TPSA) is 114 Å². The van der Waals surface area contributed by atoms with Gasteiger partial charge in [-0.1, -0.05) is 30.3 Å². The fourth-order valence-corrected chi connectivity index (χ4v) is 8.39. The lowest BCUT2D eigenvalue weighted by Crippen LogP contribution is -2.53. The highest BCUT2D eigenvalue weighted by Crippen LogP contribution is 2.37. The van der Waals surface area contributed by atoms with Crippen LogP contribution < -0.4 is 10.3 Å². The molecule has 10 nitrogen and oxygen atoms in total. The summed E-state index contributed by atoms with van der Waals surface area (Å²) >= 11 is 3.09. The van der Waals surface area contributed by atoms with E-state index in [4.69, 9.17) is 4.74 Å². The van der Waals surface area contributed by atoms with Crippen LogP contribution in [0.2, 0.25) is 0 Å². The summed E-state index contributed by atoms with van der Waals surface area (Å²) in [5, 5.41) is 14.8. The van der Waals surface area contributed by atoms with E-state index < -0.39 is 5.60 Å². The number of aliphatic hydroxyl groups is 1. The summed E-state index contributed by atoms with van der Waals surface area (Å²) in [5.41, 5.74) is 0.931. The van der Waals surface area contributed by atoms with Crippen molar-refractivity contribution < 1.29 is 14.6 Å². The molecule has 5 aromatic rings. The highest BCUT2D eigenvalue weighted by Gasteiger charge is 2.41. The molecule has 0 bridgehead atoms. The largest absolute Gasteiger partial charge is 0.481 e. The molecule has 0 unspecified atom stereocenters. The zero-order valence-electron chi connectivity index (χ0n) is 25.6. The molecule has 0 radical (unpaired) electrons. The van der Waals surface area contributed by atoms with E-state index in [9.17, 15) is 14.7 Å². The molecule has 12 heteroatoms. The van der Waals surface area contributed by atoms with Crippen molar-refractivity contribution in [2.45, 2.75) is 43.9 Å². The lowest BCUT2D eigenvalue weighted by atomic mass is 9.79. The predicted octanol–water partition coefficient (Wildman–Crippen LogP) is 4.64. The first-order valence-corrected chi connectivity index (χ1v) is 17.2. The Hall–Kier alpha value is -3.97. The van der Waals surface area contributed by atoms with Crippen molar-refractivity contribution in [1.29, 1.82) is 0 Å². The molecule has 1 amide bonds. The Morgan fingerprint density at radius 1 is 1.04 bits per heavy atom. The first-order valence-electron chi connectivity index (χ1n) is 15.6. The minimum absolute atomic E-state index is 0.0587. The van der Waals surface area contributed by atoms with E-state index in [1.807, 2.05) is 46.8 Å². The van der Waals surface area contributed by atoms with Gasteiger partial charge in [0, 0.05) is 66.9 Å².